The average molecular weight is 391 g/mol. The molecule has 3 aromatic rings. The molecule has 0 spiro atoms. The lowest BCUT2D eigenvalue weighted by Crippen LogP contribution is -1.86. The normalized spacial score (nSPS) is 10.7. The van der Waals surface area contributed by atoms with Crippen LogP contribution in [0.4, 0.5) is 0 Å². The molecule has 1 heterocycles. The van der Waals surface area contributed by atoms with E-state index in [1.807, 2.05) is 49.4 Å². The average Bonchev–Trinajstić information content (AvgIpc) is 3.03. The molecule has 6 heteroatoms. The molecular weight excluding hydrogens is 376 g/mol. The van der Waals surface area contributed by atoms with Crippen LogP contribution >= 0.6 is 27.7 Å². The summed E-state index contributed by atoms with van der Waals surface area (Å²) in [6.07, 6.45) is 0. The summed E-state index contributed by atoms with van der Waals surface area (Å²) in [6.45, 7) is 2.05. The molecule has 0 unspecified atom stereocenters. The molecule has 2 aromatic carbocycles. The van der Waals surface area contributed by atoms with Gasteiger partial charge in [-0.2, -0.15) is 0 Å². The van der Waals surface area contributed by atoms with Crippen LogP contribution in [0.1, 0.15) is 11.1 Å². The van der Waals surface area contributed by atoms with Crippen LogP contribution in [0.2, 0.25) is 0 Å². The second-order valence-electron chi connectivity index (χ2n) is 5.00. The third kappa shape index (κ3) is 3.95. The molecule has 1 aromatic heterocycles. The number of aryl methyl sites for hydroxylation is 1. The predicted molar refractivity (Wildman–Crippen MR) is 94.7 cm³/mol. The Morgan fingerprint density at radius 2 is 1.91 bits per heavy atom. The molecule has 0 radical (unpaired) electrons. The minimum Gasteiger partial charge on any atom is -0.496 e. The number of hydrogen-bond acceptors (Lipinski definition) is 5. The van der Waals surface area contributed by atoms with Gasteiger partial charge in [-0.1, -0.05) is 35.5 Å². The second kappa shape index (κ2) is 7.19. The van der Waals surface area contributed by atoms with Crippen molar-refractivity contribution in [2.45, 2.75) is 17.9 Å². The van der Waals surface area contributed by atoms with E-state index < -0.39 is 0 Å². The van der Waals surface area contributed by atoms with Crippen LogP contribution in [-0.4, -0.2) is 17.3 Å². The summed E-state index contributed by atoms with van der Waals surface area (Å²) in [6, 6.07) is 14.0. The van der Waals surface area contributed by atoms with Gasteiger partial charge in [0, 0.05) is 11.3 Å². The fourth-order valence-corrected chi connectivity index (χ4v) is 3.32. The lowest BCUT2D eigenvalue weighted by molar-refractivity contribution is 0.412. The van der Waals surface area contributed by atoms with Crippen molar-refractivity contribution in [2.24, 2.45) is 0 Å². The van der Waals surface area contributed by atoms with Crippen molar-refractivity contribution in [2.75, 3.05) is 7.11 Å². The van der Waals surface area contributed by atoms with Gasteiger partial charge in [0.15, 0.2) is 0 Å². The zero-order valence-electron chi connectivity index (χ0n) is 12.7. The van der Waals surface area contributed by atoms with Gasteiger partial charge in [0.1, 0.15) is 5.75 Å². The highest BCUT2D eigenvalue weighted by molar-refractivity contribution is 9.10. The van der Waals surface area contributed by atoms with Gasteiger partial charge in [0.25, 0.3) is 5.22 Å². The van der Waals surface area contributed by atoms with E-state index in [4.69, 9.17) is 9.15 Å². The van der Waals surface area contributed by atoms with Gasteiger partial charge < -0.3 is 9.15 Å². The molecule has 118 valence electrons. The van der Waals surface area contributed by atoms with E-state index in [1.165, 1.54) is 17.3 Å². The number of hydrogen-bond donors (Lipinski definition) is 0. The fraction of sp³-hybridized carbons (Fsp3) is 0.176. The van der Waals surface area contributed by atoms with E-state index in [0.29, 0.717) is 11.1 Å². The van der Waals surface area contributed by atoms with E-state index in [-0.39, 0.29) is 0 Å². The monoisotopic (exact) mass is 390 g/mol. The van der Waals surface area contributed by atoms with Gasteiger partial charge in [-0.15, -0.1) is 10.2 Å². The van der Waals surface area contributed by atoms with E-state index in [0.717, 1.165) is 27.1 Å². The number of halogens is 1. The van der Waals surface area contributed by atoms with Crippen molar-refractivity contribution in [1.82, 2.24) is 10.2 Å². The summed E-state index contributed by atoms with van der Waals surface area (Å²) < 4.78 is 11.9. The first kappa shape index (κ1) is 16.1. The Kier molecular flexibility index (Phi) is 5.03. The van der Waals surface area contributed by atoms with Crippen LogP contribution in [0.25, 0.3) is 11.5 Å². The third-order valence-electron chi connectivity index (χ3n) is 3.28. The second-order valence-corrected chi connectivity index (χ2v) is 6.78. The Labute approximate surface area is 147 Å². The molecule has 0 aliphatic rings. The standard InChI is InChI=1S/C17H15BrN2O2S/c1-11-3-6-13(7-4-11)16-19-20-17(22-16)23-10-12-5-8-15(21-2)14(18)9-12/h3-9H,10H2,1-2H3. The Balaban J connectivity index is 1.67. The molecule has 0 atom stereocenters. The number of aromatic nitrogens is 2. The fourth-order valence-electron chi connectivity index (χ4n) is 2.03. The highest BCUT2D eigenvalue weighted by Gasteiger charge is 2.10. The topological polar surface area (TPSA) is 48.2 Å². The smallest absolute Gasteiger partial charge is 0.277 e. The molecular formula is C17H15BrN2O2S. The molecule has 23 heavy (non-hydrogen) atoms. The molecule has 0 N–H and O–H groups in total. The number of benzene rings is 2. The molecule has 0 amide bonds. The highest BCUT2D eigenvalue weighted by atomic mass is 79.9. The summed E-state index contributed by atoms with van der Waals surface area (Å²) in [7, 11) is 1.65. The van der Waals surface area contributed by atoms with E-state index >= 15 is 0 Å². The predicted octanol–water partition coefficient (Wildman–Crippen LogP) is 5.11. The SMILES string of the molecule is COc1ccc(CSc2nnc(-c3ccc(C)cc3)o2)cc1Br. The van der Waals surface area contributed by atoms with Crippen molar-refractivity contribution >= 4 is 27.7 Å². The molecule has 0 bridgehead atoms. The Bertz CT molecular complexity index is 803. The van der Waals surface area contributed by atoms with Gasteiger partial charge in [-0.05, 0) is 52.7 Å². The Hall–Kier alpha value is -1.79. The first-order valence-electron chi connectivity index (χ1n) is 7.01. The molecule has 0 aliphatic heterocycles. The Morgan fingerprint density at radius 1 is 1.13 bits per heavy atom. The lowest BCUT2D eigenvalue weighted by Gasteiger charge is -2.05. The van der Waals surface area contributed by atoms with Crippen molar-refractivity contribution in [3.63, 3.8) is 0 Å². The molecule has 0 saturated carbocycles. The maximum absolute atomic E-state index is 5.71. The van der Waals surface area contributed by atoms with Crippen LogP contribution in [0.15, 0.2) is 56.6 Å². The van der Waals surface area contributed by atoms with Gasteiger partial charge in [0.05, 0.1) is 11.6 Å². The van der Waals surface area contributed by atoms with Gasteiger partial charge in [0.2, 0.25) is 5.89 Å². The minimum absolute atomic E-state index is 0.545. The van der Waals surface area contributed by atoms with Crippen LogP contribution in [-0.2, 0) is 5.75 Å². The van der Waals surface area contributed by atoms with E-state index in [9.17, 15) is 0 Å². The molecule has 0 fully saturated rings. The van der Waals surface area contributed by atoms with Crippen LogP contribution < -0.4 is 4.74 Å². The van der Waals surface area contributed by atoms with Crippen molar-refractivity contribution in [3.05, 3.63) is 58.1 Å². The summed E-state index contributed by atoms with van der Waals surface area (Å²) in [5.41, 5.74) is 3.29. The first-order valence-corrected chi connectivity index (χ1v) is 8.79. The van der Waals surface area contributed by atoms with Crippen LogP contribution in [0.3, 0.4) is 0 Å². The van der Waals surface area contributed by atoms with Crippen LogP contribution in [0.5, 0.6) is 5.75 Å². The first-order chi connectivity index (χ1) is 11.2. The lowest BCUT2D eigenvalue weighted by atomic mass is 10.1. The quantitative estimate of drug-likeness (QED) is 0.566. The molecule has 3 rings (SSSR count). The summed E-state index contributed by atoms with van der Waals surface area (Å²) >= 11 is 5.00. The largest absolute Gasteiger partial charge is 0.496 e. The van der Waals surface area contributed by atoms with Crippen molar-refractivity contribution in [3.8, 4) is 17.2 Å². The molecule has 0 saturated heterocycles. The number of thioether (sulfide) groups is 1. The summed E-state index contributed by atoms with van der Waals surface area (Å²) in [4.78, 5) is 0. The number of rotatable bonds is 5. The summed E-state index contributed by atoms with van der Waals surface area (Å²) in [5.74, 6) is 2.11. The zero-order chi connectivity index (χ0) is 16.2. The highest BCUT2D eigenvalue weighted by Crippen LogP contribution is 2.30. The zero-order valence-corrected chi connectivity index (χ0v) is 15.1. The maximum Gasteiger partial charge on any atom is 0.277 e. The van der Waals surface area contributed by atoms with Gasteiger partial charge >= 0.3 is 0 Å². The summed E-state index contributed by atoms with van der Waals surface area (Å²) in [5, 5.41) is 8.77. The number of nitrogens with zero attached hydrogens (tertiary/aromatic N) is 2. The number of ether oxygens (including phenoxy) is 1. The van der Waals surface area contributed by atoms with Crippen molar-refractivity contribution < 1.29 is 9.15 Å². The van der Waals surface area contributed by atoms with Gasteiger partial charge in [-0.3, -0.25) is 0 Å². The van der Waals surface area contributed by atoms with E-state index in [1.54, 1.807) is 7.11 Å². The van der Waals surface area contributed by atoms with Gasteiger partial charge in [-0.25, -0.2) is 0 Å². The number of methoxy groups -OCH3 is 1. The van der Waals surface area contributed by atoms with Crippen molar-refractivity contribution in [1.29, 1.82) is 0 Å². The minimum atomic E-state index is 0.545. The molecule has 0 aliphatic carbocycles. The Morgan fingerprint density at radius 3 is 2.61 bits per heavy atom. The third-order valence-corrected chi connectivity index (χ3v) is 4.79. The maximum atomic E-state index is 5.71. The van der Waals surface area contributed by atoms with E-state index in [2.05, 4.69) is 26.1 Å². The molecule has 4 nitrogen and oxygen atoms in total. The van der Waals surface area contributed by atoms with Crippen LogP contribution in [0, 0.1) is 6.92 Å².